The molecule has 0 aliphatic heterocycles. The second-order valence-electron chi connectivity index (χ2n) is 6.52. The Bertz CT molecular complexity index is 459. The third-order valence-electron chi connectivity index (χ3n) is 5.44. The summed E-state index contributed by atoms with van der Waals surface area (Å²) < 4.78 is 1.85. The van der Waals surface area contributed by atoms with Gasteiger partial charge in [0.2, 0.25) is 0 Å². The molecule has 1 N–H and O–H groups in total. The first-order valence-corrected chi connectivity index (χ1v) is 8.47. The first-order chi connectivity index (χ1) is 9.70. The third-order valence-corrected chi connectivity index (χ3v) is 5.73. The molecule has 3 rings (SSSR count). The van der Waals surface area contributed by atoms with Gasteiger partial charge in [0, 0.05) is 6.54 Å². The SMILES string of the molecule is CCn1ncc(Cl)c1C(O)C1CCC2CCCCC2C1. The molecule has 1 aromatic heterocycles. The summed E-state index contributed by atoms with van der Waals surface area (Å²) >= 11 is 6.23. The normalized spacial score (nSPS) is 31.9. The molecule has 0 bridgehead atoms. The summed E-state index contributed by atoms with van der Waals surface area (Å²) in [5.41, 5.74) is 0.827. The predicted molar refractivity (Wildman–Crippen MR) is 80.7 cm³/mol. The first-order valence-electron chi connectivity index (χ1n) is 8.10. The zero-order chi connectivity index (χ0) is 14.1. The summed E-state index contributed by atoms with van der Waals surface area (Å²) in [6.07, 6.45) is 10.3. The number of rotatable bonds is 3. The molecule has 4 heteroatoms. The Hall–Kier alpha value is -0.540. The summed E-state index contributed by atoms with van der Waals surface area (Å²) in [5.74, 6) is 2.10. The van der Waals surface area contributed by atoms with E-state index in [-0.39, 0.29) is 0 Å². The largest absolute Gasteiger partial charge is 0.386 e. The summed E-state index contributed by atoms with van der Waals surface area (Å²) in [4.78, 5) is 0. The number of nitrogens with zero attached hydrogens (tertiary/aromatic N) is 2. The molecule has 0 spiro atoms. The van der Waals surface area contributed by atoms with Crippen molar-refractivity contribution in [1.29, 1.82) is 0 Å². The van der Waals surface area contributed by atoms with E-state index in [4.69, 9.17) is 11.6 Å². The van der Waals surface area contributed by atoms with Gasteiger partial charge in [-0.15, -0.1) is 0 Å². The summed E-state index contributed by atoms with van der Waals surface area (Å²) in [6, 6.07) is 0. The fourth-order valence-electron chi connectivity index (χ4n) is 4.34. The maximum Gasteiger partial charge on any atom is 0.0999 e. The molecule has 0 aromatic carbocycles. The van der Waals surface area contributed by atoms with E-state index in [1.54, 1.807) is 6.20 Å². The van der Waals surface area contributed by atoms with Crippen LogP contribution in [0.4, 0.5) is 0 Å². The minimum absolute atomic E-state index is 0.355. The molecule has 2 aliphatic carbocycles. The number of hydrogen-bond donors (Lipinski definition) is 1. The second kappa shape index (κ2) is 6.07. The van der Waals surface area contributed by atoms with Gasteiger partial charge in [0.15, 0.2) is 0 Å². The van der Waals surface area contributed by atoms with Crippen molar-refractivity contribution < 1.29 is 5.11 Å². The van der Waals surface area contributed by atoms with E-state index in [0.717, 1.165) is 36.9 Å². The molecule has 2 saturated carbocycles. The number of aromatic nitrogens is 2. The molecule has 4 unspecified atom stereocenters. The van der Waals surface area contributed by atoms with E-state index in [9.17, 15) is 5.11 Å². The van der Waals surface area contributed by atoms with E-state index < -0.39 is 6.10 Å². The molecule has 1 heterocycles. The monoisotopic (exact) mass is 296 g/mol. The quantitative estimate of drug-likeness (QED) is 0.908. The Labute approximate surface area is 126 Å². The number of aliphatic hydroxyl groups is 1. The highest BCUT2D eigenvalue weighted by atomic mass is 35.5. The Morgan fingerprint density at radius 2 is 2.05 bits per heavy atom. The molecule has 2 fully saturated rings. The van der Waals surface area contributed by atoms with Gasteiger partial charge in [-0.3, -0.25) is 4.68 Å². The van der Waals surface area contributed by atoms with E-state index in [2.05, 4.69) is 5.10 Å². The fourth-order valence-corrected chi connectivity index (χ4v) is 4.59. The molecular weight excluding hydrogens is 272 g/mol. The Morgan fingerprint density at radius 1 is 1.30 bits per heavy atom. The van der Waals surface area contributed by atoms with Crippen LogP contribution in [0.25, 0.3) is 0 Å². The summed E-state index contributed by atoms with van der Waals surface area (Å²) in [6.45, 7) is 2.80. The van der Waals surface area contributed by atoms with Gasteiger partial charge < -0.3 is 5.11 Å². The lowest BCUT2D eigenvalue weighted by Crippen LogP contribution is -2.31. The molecule has 2 aliphatic rings. The molecule has 4 atom stereocenters. The second-order valence-corrected chi connectivity index (χ2v) is 6.92. The van der Waals surface area contributed by atoms with Gasteiger partial charge in [0.25, 0.3) is 0 Å². The molecule has 112 valence electrons. The van der Waals surface area contributed by atoms with Crippen molar-refractivity contribution in [2.45, 2.75) is 64.5 Å². The first kappa shape index (κ1) is 14.4. The van der Waals surface area contributed by atoms with Crippen molar-refractivity contribution in [2.24, 2.45) is 17.8 Å². The van der Waals surface area contributed by atoms with Crippen LogP contribution >= 0.6 is 11.6 Å². The number of aliphatic hydroxyl groups excluding tert-OH is 1. The van der Waals surface area contributed by atoms with Gasteiger partial charge in [-0.1, -0.05) is 37.3 Å². The van der Waals surface area contributed by atoms with Crippen molar-refractivity contribution in [3.63, 3.8) is 0 Å². The van der Waals surface area contributed by atoms with Crippen LogP contribution in [-0.2, 0) is 6.54 Å². The number of fused-ring (bicyclic) bond motifs is 1. The maximum atomic E-state index is 10.8. The van der Waals surface area contributed by atoms with Gasteiger partial charge in [0.1, 0.15) is 0 Å². The van der Waals surface area contributed by atoms with Crippen LogP contribution in [0.1, 0.15) is 63.7 Å². The Kier molecular flexibility index (Phi) is 4.37. The molecular formula is C16H25ClN2O. The van der Waals surface area contributed by atoms with Crippen molar-refractivity contribution in [2.75, 3.05) is 0 Å². The van der Waals surface area contributed by atoms with Crippen molar-refractivity contribution in [3.8, 4) is 0 Å². The van der Waals surface area contributed by atoms with Gasteiger partial charge >= 0.3 is 0 Å². The molecule has 20 heavy (non-hydrogen) atoms. The standard InChI is InChI=1S/C16H25ClN2O/c1-2-19-15(14(17)10-18-19)16(20)13-8-7-11-5-3-4-6-12(11)9-13/h10-13,16,20H,2-9H2,1H3. The highest BCUT2D eigenvalue weighted by Gasteiger charge is 2.36. The minimum atomic E-state index is -0.451. The van der Waals surface area contributed by atoms with Crippen molar-refractivity contribution in [1.82, 2.24) is 9.78 Å². The van der Waals surface area contributed by atoms with Gasteiger partial charge in [-0.25, -0.2) is 0 Å². The minimum Gasteiger partial charge on any atom is -0.386 e. The van der Waals surface area contributed by atoms with Crippen molar-refractivity contribution >= 4 is 11.6 Å². The van der Waals surface area contributed by atoms with Crippen LogP contribution in [0, 0.1) is 17.8 Å². The zero-order valence-corrected chi connectivity index (χ0v) is 13.0. The zero-order valence-electron chi connectivity index (χ0n) is 12.3. The van der Waals surface area contributed by atoms with E-state index >= 15 is 0 Å². The lowest BCUT2D eigenvalue weighted by molar-refractivity contribution is 0.0301. The molecule has 1 aromatic rings. The number of halogens is 1. The third kappa shape index (κ3) is 2.62. The summed E-state index contributed by atoms with van der Waals surface area (Å²) in [7, 11) is 0. The average Bonchev–Trinajstić information content (AvgIpc) is 2.87. The Morgan fingerprint density at radius 3 is 2.80 bits per heavy atom. The topological polar surface area (TPSA) is 38.0 Å². The average molecular weight is 297 g/mol. The van der Waals surface area contributed by atoms with Crippen LogP contribution in [-0.4, -0.2) is 14.9 Å². The smallest absolute Gasteiger partial charge is 0.0999 e. The van der Waals surface area contributed by atoms with E-state index in [1.165, 1.54) is 32.1 Å². The van der Waals surface area contributed by atoms with Crippen molar-refractivity contribution in [3.05, 3.63) is 16.9 Å². The molecule has 0 saturated heterocycles. The lowest BCUT2D eigenvalue weighted by Gasteiger charge is -2.40. The highest BCUT2D eigenvalue weighted by molar-refractivity contribution is 6.31. The maximum absolute atomic E-state index is 10.8. The van der Waals surface area contributed by atoms with Gasteiger partial charge in [-0.2, -0.15) is 5.10 Å². The van der Waals surface area contributed by atoms with E-state index in [0.29, 0.717) is 10.9 Å². The highest BCUT2D eigenvalue weighted by Crippen LogP contribution is 2.46. The number of aryl methyl sites for hydroxylation is 1. The lowest BCUT2D eigenvalue weighted by atomic mass is 9.66. The molecule has 3 nitrogen and oxygen atoms in total. The van der Waals surface area contributed by atoms with E-state index in [1.807, 2.05) is 11.6 Å². The van der Waals surface area contributed by atoms with Crippen LogP contribution < -0.4 is 0 Å². The fraction of sp³-hybridized carbons (Fsp3) is 0.812. The molecule has 0 radical (unpaired) electrons. The van der Waals surface area contributed by atoms with Crippen LogP contribution in [0.15, 0.2) is 6.20 Å². The molecule has 0 amide bonds. The van der Waals surface area contributed by atoms with Crippen LogP contribution in [0.3, 0.4) is 0 Å². The van der Waals surface area contributed by atoms with Gasteiger partial charge in [0.05, 0.1) is 23.0 Å². The summed E-state index contributed by atoms with van der Waals surface area (Å²) in [5, 5.41) is 15.6. The Balaban J connectivity index is 1.74. The number of hydrogen-bond acceptors (Lipinski definition) is 2. The van der Waals surface area contributed by atoms with Crippen LogP contribution in [0.2, 0.25) is 5.02 Å². The predicted octanol–water partition coefficient (Wildman–Crippen LogP) is 4.20. The van der Waals surface area contributed by atoms with Gasteiger partial charge in [-0.05, 0) is 43.9 Å². The van der Waals surface area contributed by atoms with Crippen LogP contribution in [0.5, 0.6) is 0 Å².